The molecule has 9 aromatic rings. The van der Waals surface area contributed by atoms with Crippen LogP contribution in [0.4, 0.5) is 11.6 Å². The fourth-order valence-electron chi connectivity index (χ4n) is 10.5. The van der Waals surface area contributed by atoms with Gasteiger partial charge in [0.15, 0.2) is 35.7 Å². The number of methoxy groups -OCH3 is 2. The van der Waals surface area contributed by atoms with E-state index in [1.165, 1.54) is 24.8 Å². The minimum atomic E-state index is -3.97. The number of benzene rings is 3. The first-order chi connectivity index (χ1) is 41.6. The molecule has 25 nitrogen and oxygen atoms in total. The Labute approximate surface area is 502 Å². The molecule has 26 heteroatoms. The quantitative estimate of drug-likeness (QED) is 0.0573. The first-order valence-electron chi connectivity index (χ1n) is 27.9. The van der Waals surface area contributed by atoms with E-state index in [-0.39, 0.29) is 42.2 Å². The Hall–Kier alpha value is -8.47. The Morgan fingerprint density at radius 2 is 1.08 bits per heavy atom. The number of nitrogens with zero attached hydrogens (tertiary/aromatic N) is 12. The van der Waals surface area contributed by atoms with Crippen LogP contribution in [0.25, 0.3) is 43.9 Å². The van der Waals surface area contributed by atoms with Crippen LogP contribution in [0.5, 0.6) is 23.0 Å². The summed E-state index contributed by atoms with van der Waals surface area (Å²) >= 11 is 0. The molecule has 0 amide bonds. The first kappa shape index (κ1) is 60.2. The zero-order chi connectivity index (χ0) is 61.4. The zero-order valence-corrected chi connectivity index (χ0v) is 50.7. The minimum absolute atomic E-state index is 0.0852. The van der Waals surface area contributed by atoms with Crippen LogP contribution in [0.15, 0.2) is 137 Å². The van der Waals surface area contributed by atoms with Crippen molar-refractivity contribution in [3.05, 3.63) is 128 Å². The number of aromatic hydroxyl groups is 1. The van der Waals surface area contributed by atoms with Crippen LogP contribution in [-0.2, 0) is 42.7 Å². The van der Waals surface area contributed by atoms with Crippen LogP contribution in [0.2, 0.25) is 0 Å². The number of phenolic OH excluding ortho intramolecular Hbond substituents is 1. The normalized spacial score (nSPS) is 22.7. The van der Waals surface area contributed by atoms with Crippen LogP contribution >= 0.6 is 0 Å². The number of hydrogen-bond donors (Lipinski definition) is 1. The molecule has 1 N–H and O–H groups in total. The molecule has 4 aliphatic heterocycles. The highest BCUT2D eigenvalue weighted by Crippen LogP contribution is 2.46. The van der Waals surface area contributed by atoms with Crippen molar-refractivity contribution >= 4 is 78.3 Å². The van der Waals surface area contributed by atoms with Crippen molar-refractivity contribution in [2.45, 2.75) is 100 Å². The molecular formula is C61H68N12O13S. The van der Waals surface area contributed by atoms with Gasteiger partial charge in [-0.1, -0.05) is 17.7 Å². The molecule has 0 aliphatic carbocycles. The van der Waals surface area contributed by atoms with Gasteiger partial charge in [0.25, 0.3) is 10.1 Å². The van der Waals surface area contributed by atoms with E-state index in [0.717, 1.165) is 43.9 Å². The molecular weight excluding hydrogens is 1140 g/mol. The van der Waals surface area contributed by atoms with E-state index in [1.54, 1.807) is 69.6 Å². The van der Waals surface area contributed by atoms with E-state index in [2.05, 4.69) is 39.9 Å². The molecule has 0 bridgehead atoms. The van der Waals surface area contributed by atoms with Crippen LogP contribution in [0.3, 0.4) is 0 Å². The topological polar surface area (TPSA) is 265 Å². The monoisotopic (exact) mass is 1210 g/mol. The second-order valence-corrected chi connectivity index (χ2v) is 24.0. The van der Waals surface area contributed by atoms with Crippen LogP contribution in [0, 0.1) is 6.92 Å². The van der Waals surface area contributed by atoms with Gasteiger partial charge in [0.2, 0.25) is 0 Å². The molecule has 13 rings (SSSR count). The van der Waals surface area contributed by atoms with Gasteiger partial charge in [0.1, 0.15) is 90.2 Å². The number of aliphatic imine (C=N–C) groups is 2. The largest absolute Gasteiger partial charge is 0.508 e. The van der Waals surface area contributed by atoms with Crippen molar-refractivity contribution in [3.8, 4) is 23.0 Å². The van der Waals surface area contributed by atoms with Gasteiger partial charge in [-0.2, -0.15) is 8.42 Å². The van der Waals surface area contributed by atoms with Crippen LogP contribution in [0.1, 0.15) is 45.7 Å². The molecule has 4 fully saturated rings. The molecule has 4 aliphatic rings. The summed E-state index contributed by atoms with van der Waals surface area (Å²) in [5.74, 6) is 1.84. The second kappa shape index (κ2) is 24.7. The fourth-order valence-corrected chi connectivity index (χ4v) is 11.4. The number of pyridine rings is 2. The average molecular weight is 1210 g/mol. The summed E-state index contributed by atoms with van der Waals surface area (Å²) in [6, 6.07) is 24.9. The Morgan fingerprint density at radius 1 is 0.598 bits per heavy atom. The maximum absolute atomic E-state index is 12.8. The Kier molecular flexibility index (Phi) is 17.1. The van der Waals surface area contributed by atoms with E-state index < -0.39 is 52.5 Å². The molecule has 0 spiro atoms. The van der Waals surface area contributed by atoms with Gasteiger partial charge in [-0.05, 0) is 95.3 Å². The maximum atomic E-state index is 12.8. The Bertz CT molecular complexity index is 4100. The lowest BCUT2D eigenvalue weighted by molar-refractivity contribution is -0.199. The van der Waals surface area contributed by atoms with Crippen molar-refractivity contribution in [1.29, 1.82) is 0 Å². The highest BCUT2D eigenvalue weighted by Gasteiger charge is 2.58. The lowest BCUT2D eigenvalue weighted by Gasteiger charge is -2.25. The van der Waals surface area contributed by atoms with E-state index in [4.69, 9.17) is 46.8 Å². The SMILES string of the molecule is COc1cnc2cc(O)ccc2c1.COc1cnc2cc(OC[C@H]3O[C@@H](n4ccc5c(N=CN(C)C)ncnc54)[C@@H]4OC(C)(C)O[C@@H]43)ccc2c1.Cc1ccc(S(=O)(=O)OC[C@H]2O[C@@H](n3ccc4c(N=CN(C)C)ncnc43)[C@@H]3OC(C)(C)O[C@@H]32)cc1. The maximum Gasteiger partial charge on any atom is 0.297 e. The second-order valence-electron chi connectivity index (χ2n) is 22.3. The third-order valence-corrected chi connectivity index (χ3v) is 15.7. The summed E-state index contributed by atoms with van der Waals surface area (Å²) in [5, 5.41) is 12.7. The van der Waals surface area contributed by atoms with E-state index in [0.29, 0.717) is 34.4 Å². The first-order valence-corrected chi connectivity index (χ1v) is 29.3. The molecule has 0 saturated carbocycles. The Morgan fingerprint density at radius 3 is 1.59 bits per heavy atom. The number of hydrogen-bond acceptors (Lipinski definition) is 21. The molecule has 10 heterocycles. The lowest BCUT2D eigenvalue weighted by atomic mass is 10.1. The van der Waals surface area contributed by atoms with Gasteiger partial charge >= 0.3 is 0 Å². The van der Waals surface area contributed by atoms with Gasteiger partial charge in [-0.15, -0.1) is 0 Å². The summed E-state index contributed by atoms with van der Waals surface area (Å²) in [5.41, 5.74) is 3.86. The highest BCUT2D eigenvalue weighted by molar-refractivity contribution is 7.86. The molecule has 8 atom stereocenters. The molecule has 3 aromatic carbocycles. The van der Waals surface area contributed by atoms with Gasteiger partial charge < -0.3 is 66.7 Å². The van der Waals surface area contributed by atoms with E-state index in [9.17, 15) is 13.5 Å². The smallest absolute Gasteiger partial charge is 0.297 e. The standard InChI is InChI=1S/C27H30N6O5.C24H29N5O6S.C10H9NO2/c1-27(2)37-22-21(13-35-17-7-6-16-10-18(34-5)12-28-20(16)11-17)36-26(23(22)38-27)33-9-8-19-24(31-15-32(3)4)29-14-30-25(19)33;1-15-6-8-16(9-7-15)36(30,31)32-12-18-19-20(35-24(2,3)34-19)23(33-18)29-11-10-17-21(27-14-28(4)5)25-13-26-22(17)29;1-13-9-4-7-2-3-8(12)5-10(7)11-6-9/h6-12,14-15,21-23,26H,13H2,1-5H3;6-11,13-14,18-20,23H,12H2,1-5H3;2-6,12H,1H3/t21-,22-,23-,26-;18-,19-,20-,23-;/m11./s1. The van der Waals surface area contributed by atoms with Gasteiger partial charge in [-0.3, -0.25) is 14.2 Å². The Balaban J connectivity index is 0.000000150. The van der Waals surface area contributed by atoms with Gasteiger partial charge in [0, 0.05) is 63.5 Å². The molecule has 4 saturated heterocycles. The average Bonchev–Trinajstić information content (AvgIpc) is 1.63. The van der Waals surface area contributed by atoms with Gasteiger partial charge in [0.05, 0.1) is 72.6 Å². The predicted molar refractivity (Wildman–Crippen MR) is 322 cm³/mol. The third-order valence-electron chi connectivity index (χ3n) is 14.5. The van der Waals surface area contributed by atoms with E-state index >= 15 is 0 Å². The van der Waals surface area contributed by atoms with Gasteiger partial charge in [-0.25, -0.2) is 29.9 Å². The number of fused-ring (bicyclic) bond motifs is 6. The van der Waals surface area contributed by atoms with Crippen molar-refractivity contribution in [1.82, 2.24) is 48.8 Å². The number of aromatic nitrogens is 8. The van der Waals surface area contributed by atoms with Crippen LogP contribution < -0.4 is 14.2 Å². The van der Waals surface area contributed by atoms with Crippen molar-refractivity contribution in [2.75, 3.05) is 55.6 Å². The molecule has 0 unspecified atom stereocenters. The minimum Gasteiger partial charge on any atom is -0.508 e. The number of aryl methyl sites for hydroxylation is 1. The summed E-state index contributed by atoms with van der Waals surface area (Å²) < 4.78 is 88.8. The third kappa shape index (κ3) is 13.3. The summed E-state index contributed by atoms with van der Waals surface area (Å²) in [7, 11) is 6.82. The predicted octanol–water partition coefficient (Wildman–Crippen LogP) is 8.44. The fraction of sp³-hybridized carbons (Fsp3) is 0.377. The zero-order valence-electron chi connectivity index (χ0n) is 49.9. The number of rotatable bonds is 15. The van der Waals surface area contributed by atoms with E-state index in [1.807, 2.05) is 137 Å². The summed E-state index contributed by atoms with van der Waals surface area (Å²) in [4.78, 5) is 38.8. The summed E-state index contributed by atoms with van der Waals surface area (Å²) in [6.45, 7) is 9.39. The van der Waals surface area contributed by atoms with Crippen LogP contribution in [-0.4, -0.2) is 179 Å². The number of phenols is 1. The highest BCUT2D eigenvalue weighted by atomic mass is 32.2. The number of ether oxygens (including phenoxy) is 9. The molecule has 0 radical (unpaired) electrons. The van der Waals surface area contributed by atoms with Crippen molar-refractivity contribution in [3.63, 3.8) is 0 Å². The summed E-state index contributed by atoms with van der Waals surface area (Å²) in [6.07, 6.45) is 9.57. The molecule has 87 heavy (non-hydrogen) atoms. The molecule has 6 aromatic heterocycles. The lowest BCUT2D eigenvalue weighted by Crippen LogP contribution is -2.33. The molecule has 456 valence electrons. The van der Waals surface area contributed by atoms with Crippen molar-refractivity contribution < 1.29 is 60.3 Å². The van der Waals surface area contributed by atoms with Crippen molar-refractivity contribution in [2.24, 2.45) is 9.98 Å².